The van der Waals surface area contributed by atoms with Crippen LogP contribution in [0.5, 0.6) is 5.75 Å². The second-order valence-electron chi connectivity index (χ2n) is 9.35. The first-order valence-electron chi connectivity index (χ1n) is 12.4. The van der Waals surface area contributed by atoms with Crippen LogP contribution in [-0.2, 0) is 0 Å². The molecule has 4 aromatic rings. The third-order valence-corrected chi connectivity index (χ3v) is 6.44. The van der Waals surface area contributed by atoms with Crippen molar-refractivity contribution < 1.29 is 14.1 Å². The molecule has 1 atom stereocenters. The van der Waals surface area contributed by atoms with Gasteiger partial charge in [-0.1, -0.05) is 53.2 Å². The molecule has 0 fully saturated rings. The number of hydrogen-bond acceptors (Lipinski definition) is 5. The highest BCUT2D eigenvalue weighted by Crippen LogP contribution is 2.39. The molecule has 0 aliphatic carbocycles. The van der Waals surface area contributed by atoms with E-state index in [9.17, 15) is 4.79 Å². The number of allylic oxidation sites excluding steroid dienone is 1. The second kappa shape index (κ2) is 9.93. The molecule has 2 amide bonds. The molecule has 1 aliphatic heterocycles. The largest absolute Gasteiger partial charge is 0.494 e. The molecule has 0 saturated heterocycles. The van der Waals surface area contributed by atoms with Crippen LogP contribution in [0.25, 0.3) is 17.0 Å². The maximum Gasteiger partial charge on any atom is 0.326 e. The molecule has 37 heavy (non-hydrogen) atoms. The number of nitrogens with one attached hydrogen (secondary N) is 1. The van der Waals surface area contributed by atoms with Gasteiger partial charge in [-0.05, 0) is 75.6 Å². The lowest BCUT2D eigenvalue weighted by molar-refractivity contribution is 0.244. The smallest absolute Gasteiger partial charge is 0.326 e. The van der Waals surface area contributed by atoms with Gasteiger partial charge in [0.2, 0.25) is 5.82 Å². The first-order valence-corrected chi connectivity index (χ1v) is 12.4. The van der Waals surface area contributed by atoms with Crippen molar-refractivity contribution in [2.75, 3.05) is 11.5 Å². The first-order chi connectivity index (χ1) is 17.8. The van der Waals surface area contributed by atoms with Crippen LogP contribution in [-0.4, -0.2) is 22.8 Å². The van der Waals surface area contributed by atoms with Crippen LogP contribution >= 0.6 is 0 Å². The Morgan fingerprint density at radius 2 is 1.59 bits per heavy atom. The molecule has 0 bridgehead atoms. The summed E-state index contributed by atoms with van der Waals surface area (Å²) in [5.41, 5.74) is 7.31. The van der Waals surface area contributed by atoms with E-state index in [2.05, 4.69) is 16.5 Å². The minimum absolute atomic E-state index is 0.219. The molecule has 1 aromatic heterocycles. The number of aromatic nitrogens is 2. The molecule has 1 aliphatic rings. The lowest BCUT2D eigenvalue weighted by Gasteiger charge is -2.35. The molecule has 5 rings (SSSR count). The number of aryl methyl sites for hydroxylation is 3. The van der Waals surface area contributed by atoms with Crippen molar-refractivity contribution in [3.05, 3.63) is 101 Å². The Bertz CT molecular complexity index is 1450. The van der Waals surface area contributed by atoms with E-state index in [0.717, 1.165) is 50.5 Å². The molecule has 1 unspecified atom stereocenters. The number of urea groups is 1. The Hall–Kier alpha value is -4.39. The highest BCUT2D eigenvalue weighted by atomic mass is 16.5. The molecular weight excluding hydrogens is 464 g/mol. The normalized spacial score (nSPS) is 15.6. The van der Waals surface area contributed by atoms with Crippen molar-refractivity contribution in [1.82, 2.24) is 15.5 Å². The monoisotopic (exact) mass is 494 g/mol. The van der Waals surface area contributed by atoms with E-state index in [1.807, 2.05) is 95.3 Å². The SMILES string of the molecule is CCOc1ccc(C2NC(=O)N(c3cc(C)cc(C)c3)C(C)=C2c2nc(-c3ccc(C)cc3)no2)cc1. The Kier molecular flexibility index (Phi) is 6.53. The third-order valence-electron chi connectivity index (χ3n) is 6.44. The van der Waals surface area contributed by atoms with E-state index in [1.165, 1.54) is 0 Å². The van der Waals surface area contributed by atoms with Crippen LogP contribution < -0.4 is 15.0 Å². The average Bonchev–Trinajstić information content (AvgIpc) is 3.34. The Balaban J connectivity index is 1.64. The van der Waals surface area contributed by atoms with Gasteiger partial charge in [-0.2, -0.15) is 4.98 Å². The Morgan fingerprint density at radius 1 is 0.919 bits per heavy atom. The van der Waals surface area contributed by atoms with Crippen molar-refractivity contribution in [3.63, 3.8) is 0 Å². The molecule has 1 N–H and O–H groups in total. The lowest BCUT2D eigenvalue weighted by atomic mass is 9.94. The summed E-state index contributed by atoms with van der Waals surface area (Å²) < 4.78 is 11.4. The topological polar surface area (TPSA) is 80.5 Å². The minimum Gasteiger partial charge on any atom is -0.494 e. The van der Waals surface area contributed by atoms with Crippen molar-refractivity contribution in [1.29, 1.82) is 0 Å². The molecule has 188 valence electrons. The number of rotatable bonds is 6. The van der Waals surface area contributed by atoms with E-state index >= 15 is 0 Å². The van der Waals surface area contributed by atoms with Crippen molar-refractivity contribution in [3.8, 4) is 17.1 Å². The van der Waals surface area contributed by atoms with Crippen LogP contribution in [0.15, 0.2) is 77.0 Å². The predicted molar refractivity (Wildman–Crippen MR) is 144 cm³/mol. The number of carbonyl (C=O) groups is 1. The zero-order chi connectivity index (χ0) is 26.1. The fourth-order valence-electron chi connectivity index (χ4n) is 4.74. The molecule has 7 heteroatoms. The fraction of sp³-hybridized carbons (Fsp3) is 0.233. The second-order valence-corrected chi connectivity index (χ2v) is 9.35. The number of ether oxygens (including phenoxy) is 1. The lowest BCUT2D eigenvalue weighted by Crippen LogP contribution is -2.46. The van der Waals surface area contributed by atoms with Gasteiger partial charge in [0.15, 0.2) is 0 Å². The quantitative estimate of drug-likeness (QED) is 0.320. The third kappa shape index (κ3) is 4.85. The Morgan fingerprint density at radius 3 is 2.24 bits per heavy atom. The van der Waals surface area contributed by atoms with Crippen LogP contribution in [0.4, 0.5) is 10.5 Å². The van der Waals surface area contributed by atoms with E-state index in [0.29, 0.717) is 18.3 Å². The number of carbonyl (C=O) groups excluding carboxylic acids is 1. The summed E-state index contributed by atoms with van der Waals surface area (Å²) in [6.07, 6.45) is 0. The van der Waals surface area contributed by atoms with Crippen LogP contribution in [0.1, 0.15) is 48.0 Å². The van der Waals surface area contributed by atoms with Gasteiger partial charge in [0.25, 0.3) is 5.89 Å². The van der Waals surface area contributed by atoms with Gasteiger partial charge in [-0.25, -0.2) is 4.79 Å². The highest BCUT2D eigenvalue weighted by Gasteiger charge is 2.36. The van der Waals surface area contributed by atoms with Gasteiger partial charge in [0.05, 0.1) is 23.9 Å². The molecule has 3 aromatic carbocycles. The van der Waals surface area contributed by atoms with Crippen LogP contribution in [0.3, 0.4) is 0 Å². The maximum absolute atomic E-state index is 13.5. The summed E-state index contributed by atoms with van der Waals surface area (Å²) in [5, 5.41) is 7.43. The van der Waals surface area contributed by atoms with Crippen molar-refractivity contribution in [2.45, 2.75) is 40.7 Å². The summed E-state index contributed by atoms with van der Waals surface area (Å²) >= 11 is 0. The Labute approximate surface area is 216 Å². The average molecular weight is 495 g/mol. The molecule has 0 spiro atoms. The van der Waals surface area contributed by atoms with E-state index in [4.69, 9.17) is 14.2 Å². The molecule has 0 saturated carbocycles. The zero-order valence-corrected chi connectivity index (χ0v) is 21.7. The van der Waals surface area contributed by atoms with Crippen molar-refractivity contribution in [2.24, 2.45) is 0 Å². The van der Waals surface area contributed by atoms with Gasteiger partial charge < -0.3 is 14.6 Å². The molecule has 2 heterocycles. The summed E-state index contributed by atoms with van der Waals surface area (Å²) in [7, 11) is 0. The number of benzene rings is 3. The summed E-state index contributed by atoms with van der Waals surface area (Å²) in [4.78, 5) is 19.9. The van der Waals surface area contributed by atoms with Crippen LogP contribution in [0.2, 0.25) is 0 Å². The van der Waals surface area contributed by atoms with Crippen LogP contribution in [0, 0.1) is 20.8 Å². The predicted octanol–water partition coefficient (Wildman–Crippen LogP) is 6.76. The van der Waals surface area contributed by atoms with E-state index in [1.54, 1.807) is 4.90 Å². The number of nitrogens with zero attached hydrogens (tertiary/aromatic N) is 3. The minimum atomic E-state index is -0.475. The summed E-state index contributed by atoms with van der Waals surface area (Å²) in [5.74, 6) is 1.63. The van der Waals surface area contributed by atoms with E-state index < -0.39 is 6.04 Å². The maximum atomic E-state index is 13.5. The van der Waals surface area contributed by atoms with Gasteiger partial charge in [-0.15, -0.1) is 0 Å². The zero-order valence-electron chi connectivity index (χ0n) is 21.7. The highest BCUT2D eigenvalue weighted by molar-refractivity contribution is 6.01. The first kappa shape index (κ1) is 24.3. The van der Waals surface area contributed by atoms with Gasteiger partial charge >= 0.3 is 6.03 Å². The number of hydrogen-bond donors (Lipinski definition) is 1. The molecular formula is C30H30N4O3. The van der Waals surface area contributed by atoms with E-state index in [-0.39, 0.29) is 6.03 Å². The molecule has 7 nitrogen and oxygen atoms in total. The van der Waals surface area contributed by atoms with Gasteiger partial charge in [-0.3, -0.25) is 4.90 Å². The van der Waals surface area contributed by atoms with Gasteiger partial charge in [0, 0.05) is 11.3 Å². The van der Waals surface area contributed by atoms with Gasteiger partial charge in [0.1, 0.15) is 5.75 Å². The standard InChI is InChI=1S/C30H30N4O3/c1-6-36-25-13-11-22(12-14-25)27-26(29-32-28(33-37-29)23-9-7-18(2)8-10-23)21(5)34(30(35)31-27)24-16-19(3)15-20(4)17-24/h7-17,27H,6H2,1-5H3,(H,31,35). The summed E-state index contributed by atoms with van der Waals surface area (Å²) in [6.45, 7) is 10.5. The molecule has 0 radical (unpaired) electrons. The number of anilines is 1. The number of amides is 2. The fourth-order valence-corrected chi connectivity index (χ4v) is 4.74. The summed E-state index contributed by atoms with van der Waals surface area (Å²) in [6, 6.07) is 21.1. The van der Waals surface area contributed by atoms with Crippen molar-refractivity contribution >= 4 is 17.3 Å².